The van der Waals surface area contributed by atoms with E-state index in [4.69, 9.17) is 0 Å². The molecule has 2 heteroatoms. The molecule has 1 heterocycles. The van der Waals surface area contributed by atoms with Crippen LogP contribution in [-0.2, 0) is 0 Å². The molecule has 1 aromatic heterocycles. The maximum Gasteiger partial charge on any atom is 0.116 e. The van der Waals surface area contributed by atoms with E-state index in [0.29, 0.717) is 5.92 Å². The molecule has 0 bridgehead atoms. The van der Waals surface area contributed by atoms with E-state index in [1.54, 1.807) is 6.33 Å². The number of allylic oxidation sites excluding steroid dienone is 3. The second kappa shape index (κ2) is 8.68. The predicted molar refractivity (Wildman–Crippen MR) is 76.6 cm³/mol. The van der Waals surface area contributed by atoms with Crippen molar-refractivity contribution in [1.29, 1.82) is 0 Å². The molecule has 0 unspecified atom stereocenters. The first kappa shape index (κ1) is 15.6. The molecule has 17 heavy (non-hydrogen) atoms. The first-order valence-electron chi connectivity index (χ1n) is 6.30. The normalized spacial score (nSPS) is 11.6. The van der Waals surface area contributed by atoms with Crippen LogP contribution in [0.4, 0.5) is 0 Å². The average Bonchev–Trinajstić information content (AvgIpc) is 2.35. The average molecular weight is 232 g/mol. The third-order valence-corrected chi connectivity index (χ3v) is 2.29. The van der Waals surface area contributed by atoms with Gasteiger partial charge < -0.3 is 0 Å². The van der Waals surface area contributed by atoms with Crippen LogP contribution in [0.2, 0.25) is 0 Å². The molecule has 0 radical (unpaired) electrons. The lowest BCUT2D eigenvalue weighted by atomic mass is 9.96. The van der Waals surface area contributed by atoms with Crippen LogP contribution in [0.1, 0.15) is 52.8 Å². The van der Waals surface area contributed by atoms with Gasteiger partial charge in [-0.1, -0.05) is 45.9 Å². The first-order valence-corrected chi connectivity index (χ1v) is 6.30. The summed E-state index contributed by atoms with van der Waals surface area (Å²) in [5.41, 5.74) is 3.40. The zero-order valence-electron chi connectivity index (χ0n) is 11.9. The summed E-state index contributed by atoms with van der Waals surface area (Å²) in [5.74, 6) is 0.480. The zero-order valence-corrected chi connectivity index (χ0v) is 11.9. The van der Waals surface area contributed by atoms with Crippen LogP contribution in [0.3, 0.4) is 0 Å². The topological polar surface area (TPSA) is 25.8 Å². The van der Waals surface area contributed by atoms with Crippen molar-refractivity contribution in [3.05, 3.63) is 35.9 Å². The standard InChI is InChI=1S/C13H18N2.C2H6/c1-5-7-11-8-14-9-15-13(11)12(6-2)10(3)4;1-2/h5-10H,1-4H3;1-2H3/b7-5-,12-6-;. The van der Waals surface area contributed by atoms with E-state index in [0.717, 1.165) is 11.3 Å². The molecule has 2 nitrogen and oxygen atoms in total. The van der Waals surface area contributed by atoms with Crippen molar-refractivity contribution in [3.8, 4) is 0 Å². The highest BCUT2D eigenvalue weighted by Crippen LogP contribution is 2.24. The van der Waals surface area contributed by atoms with Crippen LogP contribution in [-0.4, -0.2) is 9.97 Å². The maximum absolute atomic E-state index is 4.36. The van der Waals surface area contributed by atoms with Gasteiger partial charge in [0.05, 0.1) is 5.69 Å². The van der Waals surface area contributed by atoms with Crippen LogP contribution < -0.4 is 0 Å². The Kier molecular flexibility index (Phi) is 7.95. The second-order valence-corrected chi connectivity index (χ2v) is 3.73. The van der Waals surface area contributed by atoms with Crippen LogP contribution in [0, 0.1) is 5.92 Å². The van der Waals surface area contributed by atoms with Crippen LogP contribution in [0.15, 0.2) is 24.7 Å². The van der Waals surface area contributed by atoms with Gasteiger partial charge in [0.1, 0.15) is 6.33 Å². The summed E-state index contributed by atoms with van der Waals surface area (Å²) in [6.07, 6.45) is 9.64. The molecule has 0 aromatic carbocycles. The molecule has 0 atom stereocenters. The van der Waals surface area contributed by atoms with Crippen LogP contribution >= 0.6 is 0 Å². The van der Waals surface area contributed by atoms with Crippen molar-refractivity contribution in [2.24, 2.45) is 5.92 Å². The Morgan fingerprint density at radius 2 is 1.88 bits per heavy atom. The highest BCUT2D eigenvalue weighted by atomic mass is 14.8. The third-order valence-electron chi connectivity index (χ3n) is 2.29. The van der Waals surface area contributed by atoms with Gasteiger partial charge in [0.2, 0.25) is 0 Å². The monoisotopic (exact) mass is 232 g/mol. The fourth-order valence-corrected chi connectivity index (χ4v) is 1.63. The lowest BCUT2D eigenvalue weighted by molar-refractivity contribution is 0.844. The Morgan fingerprint density at radius 3 is 2.35 bits per heavy atom. The first-order chi connectivity index (χ1) is 8.20. The fraction of sp³-hybridized carbons (Fsp3) is 0.467. The Bertz CT molecular complexity index is 376. The minimum Gasteiger partial charge on any atom is -0.244 e. The quantitative estimate of drug-likeness (QED) is 0.761. The Labute approximate surface area is 106 Å². The third kappa shape index (κ3) is 4.51. The summed E-state index contributed by atoms with van der Waals surface area (Å²) in [6, 6.07) is 0. The molecular formula is C15H24N2. The summed E-state index contributed by atoms with van der Waals surface area (Å²) in [4.78, 5) is 8.41. The van der Waals surface area contributed by atoms with E-state index in [1.807, 2.05) is 39.1 Å². The summed E-state index contributed by atoms with van der Waals surface area (Å²) >= 11 is 0. The molecular weight excluding hydrogens is 208 g/mol. The Morgan fingerprint density at radius 1 is 1.24 bits per heavy atom. The van der Waals surface area contributed by atoms with E-state index < -0.39 is 0 Å². The van der Waals surface area contributed by atoms with Gasteiger partial charge >= 0.3 is 0 Å². The lowest BCUT2D eigenvalue weighted by Gasteiger charge is -2.12. The molecule has 0 aliphatic rings. The molecule has 0 spiro atoms. The maximum atomic E-state index is 4.36. The van der Waals surface area contributed by atoms with Gasteiger partial charge in [-0.3, -0.25) is 0 Å². The molecule has 1 rings (SSSR count). The van der Waals surface area contributed by atoms with Crippen molar-refractivity contribution >= 4 is 11.6 Å². The number of hydrogen-bond acceptors (Lipinski definition) is 2. The van der Waals surface area contributed by atoms with Gasteiger partial charge in [0.15, 0.2) is 0 Å². The summed E-state index contributed by atoms with van der Waals surface area (Å²) in [7, 11) is 0. The smallest absolute Gasteiger partial charge is 0.116 e. The predicted octanol–water partition coefficient (Wildman–Crippen LogP) is 4.60. The highest BCUT2D eigenvalue weighted by Gasteiger charge is 2.09. The van der Waals surface area contributed by atoms with Crippen LogP contribution in [0.5, 0.6) is 0 Å². The van der Waals surface area contributed by atoms with Crippen molar-refractivity contribution in [2.75, 3.05) is 0 Å². The molecule has 1 aromatic rings. The lowest BCUT2D eigenvalue weighted by Crippen LogP contribution is -1.99. The van der Waals surface area contributed by atoms with E-state index in [1.165, 1.54) is 5.57 Å². The van der Waals surface area contributed by atoms with Crippen molar-refractivity contribution < 1.29 is 0 Å². The van der Waals surface area contributed by atoms with Gasteiger partial charge in [0.25, 0.3) is 0 Å². The highest BCUT2D eigenvalue weighted by molar-refractivity contribution is 5.71. The number of aromatic nitrogens is 2. The molecule has 94 valence electrons. The van der Waals surface area contributed by atoms with Gasteiger partial charge in [-0.25, -0.2) is 9.97 Å². The van der Waals surface area contributed by atoms with Crippen molar-refractivity contribution in [1.82, 2.24) is 9.97 Å². The van der Waals surface area contributed by atoms with E-state index in [2.05, 4.69) is 36.8 Å². The summed E-state index contributed by atoms with van der Waals surface area (Å²) in [6.45, 7) is 12.4. The molecule has 0 saturated heterocycles. The van der Waals surface area contributed by atoms with E-state index in [9.17, 15) is 0 Å². The molecule has 0 N–H and O–H groups in total. The number of nitrogens with zero attached hydrogens (tertiary/aromatic N) is 2. The Hall–Kier alpha value is -1.44. The number of hydrogen-bond donors (Lipinski definition) is 0. The van der Waals surface area contributed by atoms with Crippen molar-refractivity contribution in [3.63, 3.8) is 0 Å². The second-order valence-electron chi connectivity index (χ2n) is 3.73. The summed E-state index contributed by atoms with van der Waals surface area (Å²) in [5, 5.41) is 0. The van der Waals surface area contributed by atoms with Gasteiger partial charge in [-0.05, 0) is 25.3 Å². The SMILES string of the molecule is C/C=C\c1cncnc1/C(=C\C)C(C)C.CC. The van der Waals surface area contributed by atoms with E-state index in [-0.39, 0.29) is 0 Å². The molecule has 0 fully saturated rings. The fourth-order valence-electron chi connectivity index (χ4n) is 1.63. The summed E-state index contributed by atoms with van der Waals surface area (Å²) < 4.78 is 0. The Balaban J connectivity index is 0.00000121. The van der Waals surface area contributed by atoms with Crippen molar-refractivity contribution in [2.45, 2.75) is 41.5 Å². The van der Waals surface area contributed by atoms with Crippen LogP contribution in [0.25, 0.3) is 11.6 Å². The minimum absolute atomic E-state index is 0.480. The molecule has 0 aliphatic heterocycles. The molecule has 0 aliphatic carbocycles. The zero-order chi connectivity index (χ0) is 13.3. The van der Waals surface area contributed by atoms with Gasteiger partial charge in [-0.2, -0.15) is 0 Å². The van der Waals surface area contributed by atoms with E-state index >= 15 is 0 Å². The molecule has 0 amide bonds. The van der Waals surface area contributed by atoms with Gasteiger partial charge in [0, 0.05) is 11.8 Å². The van der Waals surface area contributed by atoms with Gasteiger partial charge in [-0.15, -0.1) is 0 Å². The molecule has 0 saturated carbocycles. The minimum atomic E-state index is 0.480. The largest absolute Gasteiger partial charge is 0.244 e. The number of rotatable bonds is 3.